The molecule has 0 aliphatic carbocycles. The molecular formula is C6H10F3S. The van der Waals surface area contributed by atoms with Crippen LogP contribution in [0.3, 0.4) is 0 Å². The minimum atomic E-state index is -4.05. The van der Waals surface area contributed by atoms with E-state index in [0.717, 1.165) is 12.8 Å². The summed E-state index contributed by atoms with van der Waals surface area (Å²) in [5.41, 5.74) is -4.05. The predicted octanol–water partition coefficient (Wildman–Crippen LogP) is 3.24. The fourth-order valence-electron chi connectivity index (χ4n) is 0.467. The van der Waals surface area contributed by atoms with Gasteiger partial charge in [0.2, 0.25) is 0 Å². The molecule has 0 bridgehead atoms. The third-order valence-corrected chi connectivity index (χ3v) is 1.73. The summed E-state index contributed by atoms with van der Waals surface area (Å²) < 4.78 is 34.3. The van der Waals surface area contributed by atoms with Crippen LogP contribution in [-0.2, 0) is 0 Å². The molecule has 0 aliphatic rings. The zero-order valence-electron chi connectivity index (χ0n) is 5.58. The maximum Gasteiger partial charge on any atom is 0.441 e. The van der Waals surface area contributed by atoms with Gasteiger partial charge in [-0.1, -0.05) is 31.5 Å². The molecule has 0 atom stereocenters. The first-order valence-electron chi connectivity index (χ1n) is 3.06. The highest BCUT2D eigenvalue weighted by Gasteiger charge is 2.26. The minimum absolute atomic E-state index is 0.0457. The Morgan fingerprint density at radius 2 is 1.80 bits per heavy atom. The Morgan fingerprint density at radius 1 is 1.20 bits per heavy atom. The van der Waals surface area contributed by atoms with Crippen molar-refractivity contribution in [2.24, 2.45) is 0 Å². The molecular weight excluding hydrogens is 161 g/mol. The summed E-state index contributed by atoms with van der Waals surface area (Å²) in [6.45, 7) is 3.53. The number of rotatable bonds is 4. The van der Waals surface area contributed by atoms with Gasteiger partial charge in [0.25, 0.3) is 0 Å². The third kappa shape index (κ3) is 8.14. The molecule has 0 aromatic heterocycles. The van der Waals surface area contributed by atoms with Crippen LogP contribution in [0, 0.1) is 6.92 Å². The van der Waals surface area contributed by atoms with E-state index >= 15 is 0 Å². The lowest BCUT2D eigenvalue weighted by Crippen LogP contribution is -2.00. The number of thioether (sulfide) groups is 1. The van der Waals surface area contributed by atoms with Gasteiger partial charge in [-0.05, 0) is 6.42 Å². The quantitative estimate of drug-likeness (QED) is 0.585. The second-order valence-electron chi connectivity index (χ2n) is 1.85. The van der Waals surface area contributed by atoms with Gasteiger partial charge in [0.05, 0.1) is 0 Å². The number of unbranched alkanes of at least 4 members (excludes halogenated alkanes) is 2. The first kappa shape index (κ1) is 10.1. The first-order chi connectivity index (χ1) is 4.56. The lowest BCUT2D eigenvalue weighted by Gasteiger charge is -2.03. The first-order valence-corrected chi connectivity index (χ1v) is 4.05. The van der Waals surface area contributed by atoms with Gasteiger partial charge in [-0.2, -0.15) is 13.2 Å². The maximum atomic E-state index is 11.4. The van der Waals surface area contributed by atoms with Crippen molar-refractivity contribution in [3.63, 3.8) is 0 Å². The van der Waals surface area contributed by atoms with E-state index in [1.165, 1.54) is 0 Å². The molecule has 0 saturated heterocycles. The Bertz CT molecular complexity index is 79.6. The number of alkyl halides is 3. The summed E-state index contributed by atoms with van der Waals surface area (Å²) in [7, 11) is 0. The van der Waals surface area contributed by atoms with Crippen LogP contribution in [-0.4, -0.2) is 11.3 Å². The second-order valence-corrected chi connectivity index (χ2v) is 3.01. The van der Waals surface area contributed by atoms with Crippen LogP contribution in [0.2, 0.25) is 0 Å². The second kappa shape index (κ2) is 4.88. The van der Waals surface area contributed by atoms with Crippen LogP contribution < -0.4 is 0 Å². The summed E-state index contributed by atoms with van der Waals surface area (Å²) >= 11 is 0.0457. The van der Waals surface area contributed by atoms with Crippen molar-refractivity contribution in [1.29, 1.82) is 0 Å². The Labute approximate surface area is 63.2 Å². The lowest BCUT2D eigenvalue weighted by molar-refractivity contribution is -0.0327. The van der Waals surface area contributed by atoms with Crippen molar-refractivity contribution in [3.05, 3.63) is 6.92 Å². The van der Waals surface area contributed by atoms with E-state index in [9.17, 15) is 13.2 Å². The van der Waals surface area contributed by atoms with E-state index < -0.39 is 5.51 Å². The van der Waals surface area contributed by atoms with E-state index in [0.29, 0.717) is 6.42 Å². The van der Waals surface area contributed by atoms with Crippen molar-refractivity contribution in [1.82, 2.24) is 0 Å². The topological polar surface area (TPSA) is 0 Å². The summed E-state index contributed by atoms with van der Waals surface area (Å²) in [6, 6.07) is 0. The molecule has 1 radical (unpaired) electrons. The van der Waals surface area contributed by atoms with E-state index in [1.807, 2.05) is 0 Å². The van der Waals surface area contributed by atoms with Crippen molar-refractivity contribution >= 4 is 11.8 Å². The summed E-state index contributed by atoms with van der Waals surface area (Å²) in [5.74, 6) is 0.166. The molecule has 0 rings (SSSR count). The molecule has 0 aromatic rings. The lowest BCUT2D eigenvalue weighted by atomic mass is 10.3. The standard InChI is InChI=1S/C6H10F3S/c1-2-3-4-5-10-6(7,8)9/h1-5H2. The molecule has 0 spiro atoms. The van der Waals surface area contributed by atoms with Crippen molar-refractivity contribution in [3.8, 4) is 0 Å². The summed E-state index contributed by atoms with van der Waals surface area (Å²) in [5, 5.41) is 0. The molecule has 0 saturated carbocycles. The molecule has 0 fully saturated rings. The van der Waals surface area contributed by atoms with E-state index in [-0.39, 0.29) is 17.5 Å². The van der Waals surface area contributed by atoms with E-state index in [4.69, 9.17) is 0 Å². The van der Waals surface area contributed by atoms with Crippen LogP contribution >= 0.6 is 11.8 Å². The zero-order valence-corrected chi connectivity index (χ0v) is 6.39. The normalized spacial score (nSPS) is 12.0. The molecule has 0 unspecified atom stereocenters. The van der Waals surface area contributed by atoms with E-state index in [2.05, 4.69) is 6.92 Å². The van der Waals surface area contributed by atoms with Crippen LogP contribution in [0.4, 0.5) is 13.2 Å². The minimum Gasteiger partial charge on any atom is -0.160 e. The van der Waals surface area contributed by atoms with Crippen molar-refractivity contribution in [2.75, 3.05) is 5.75 Å². The molecule has 0 heterocycles. The highest BCUT2D eigenvalue weighted by atomic mass is 32.2. The third-order valence-electron chi connectivity index (χ3n) is 0.910. The smallest absolute Gasteiger partial charge is 0.160 e. The van der Waals surface area contributed by atoms with Crippen LogP contribution in [0.25, 0.3) is 0 Å². The molecule has 0 nitrogen and oxygen atoms in total. The summed E-state index contributed by atoms with van der Waals surface area (Å²) in [6.07, 6.45) is 2.11. The SMILES string of the molecule is [CH2]CCCCSC(F)(F)F. The average Bonchev–Trinajstić information content (AvgIpc) is 1.78. The Balaban J connectivity index is 3.04. The van der Waals surface area contributed by atoms with Crippen LogP contribution in [0.1, 0.15) is 19.3 Å². The van der Waals surface area contributed by atoms with Gasteiger partial charge in [-0.15, -0.1) is 0 Å². The Kier molecular flexibility index (Phi) is 4.95. The molecule has 0 aromatic carbocycles. The average molecular weight is 171 g/mol. The van der Waals surface area contributed by atoms with Gasteiger partial charge in [-0.25, -0.2) is 0 Å². The molecule has 10 heavy (non-hydrogen) atoms. The molecule has 4 heteroatoms. The van der Waals surface area contributed by atoms with Crippen LogP contribution in [0.5, 0.6) is 0 Å². The van der Waals surface area contributed by atoms with Gasteiger partial charge in [0, 0.05) is 5.75 Å². The van der Waals surface area contributed by atoms with Gasteiger partial charge in [0.15, 0.2) is 0 Å². The Morgan fingerprint density at radius 3 is 2.20 bits per heavy atom. The Hall–Kier alpha value is 0.140. The number of halogens is 3. The molecule has 61 valence electrons. The van der Waals surface area contributed by atoms with Crippen molar-refractivity contribution < 1.29 is 13.2 Å². The largest absolute Gasteiger partial charge is 0.441 e. The van der Waals surface area contributed by atoms with E-state index in [1.54, 1.807) is 0 Å². The number of hydrogen-bond acceptors (Lipinski definition) is 1. The highest BCUT2D eigenvalue weighted by Crippen LogP contribution is 2.30. The van der Waals surface area contributed by atoms with Gasteiger partial charge < -0.3 is 0 Å². The van der Waals surface area contributed by atoms with Gasteiger partial charge in [-0.3, -0.25) is 0 Å². The van der Waals surface area contributed by atoms with Gasteiger partial charge in [0.1, 0.15) is 0 Å². The zero-order chi connectivity index (χ0) is 8.04. The monoisotopic (exact) mass is 171 g/mol. The van der Waals surface area contributed by atoms with Crippen molar-refractivity contribution in [2.45, 2.75) is 24.8 Å². The molecule has 0 aliphatic heterocycles. The molecule has 0 N–H and O–H groups in total. The fraction of sp³-hybridized carbons (Fsp3) is 0.833. The van der Waals surface area contributed by atoms with Crippen LogP contribution in [0.15, 0.2) is 0 Å². The molecule has 0 amide bonds. The maximum absolute atomic E-state index is 11.4. The van der Waals surface area contributed by atoms with Gasteiger partial charge >= 0.3 is 5.51 Å². The fourth-order valence-corrected chi connectivity index (χ4v) is 1.05. The number of hydrogen-bond donors (Lipinski definition) is 0. The summed E-state index contributed by atoms with van der Waals surface area (Å²) in [4.78, 5) is 0. The highest BCUT2D eigenvalue weighted by molar-refractivity contribution is 8.00. The predicted molar refractivity (Wildman–Crippen MR) is 37.7 cm³/mol.